The lowest BCUT2D eigenvalue weighted by atomic mass is 10.3. The van der Waals surface area contributed by atoms with Crippen LogP contribution in [0.2, 0.25) is 5.02 Å². The highest BCUT2D eigenvalue weighted by atomic mass is 35.5. The van der Waals surface area contributed by atoms with Crippen LogP contribution in [0.1, 0.15) is 6.92 Å². The molecule has 0 heterocycles. The first-order chi connectivity index (χ1) is 12.2. The van der Waals surface area contributed by atoms with Gasteiger partial charge in [-0.15, -0.1) is 0 Å². The summed E-state index contributed by atoms with van der Waals surface area (Å²) in [6.07, 6.45) is 0. The Labute approximate surface area is 153 Å². The highest BCUT2D eigenvalue weighted by Gasteiger charge is 2.33. The Kier molecular flexibility index (Phi) is 6.20. The molecule has 0 bridgehead atoms. The van der Waals surface area contributed by atoms with Crippen LogP contribution in [0.15, 0.2) is 48.5 Å². The summed E-state index contributed by atoms with van der Waals surface area (Å²) >= 11 is 5.97. The first-order valence-electron chi connectivity index (χ1n) is 7.19. The lowest BCUT2D eigenvalue weighted by molar-refractivity contribution is -0.384. The van der Waals surface area contributed by atoms with Crippen LogP contribution in [0.25, 0.3) is 0 Å². The Morgan fingerprint density at radius 3 is 2.38 bits per heavy atom. The average Bonchev–Trinajstić information content (AvgIpc) is 2.57. The third-order valence-electron chi connectivity index (χ3n) is 3.05. The van der Waals surface area contributed by atoms with Gasteiger partial charge in [-0.25, -0.2) is 4.57 Å². The predicted molar refractivity (Wildman–Crippen MR) is 93.6 cm³/mol. The van der Waals surface area contributed by atoms with Crippen molar-refractivity contribution < 1.29 is 28.4 Å². The van der Waals surface area contributed by atoms with Gasteiger partial charge in [0.2, 0.25) is 0 Å². The Morgan fingerprint density at radius 2 is 1.85 bits per heavy atom. The Morgan fingerprint density at radius 1 is 1.23 bits per heavy atom. The summed E-state index contributed by atoms with van der Waals surface area (Å²) in [6.45, 7) is 1.25. The Balaban J connectivity index is 2.30. The fraction of sp³-hybridized carbons (Fsp3) is 0.133. The van der Waals surface area contributed by atoms with Gasteiger partial charge in [-0.3, -0.25) is 14.9 Å². The second kappa shape index (κ2) is 8.18. The van der Waals surface area contributed by atoms with Crippen LogP contribution in [0.4, 0.5) is 5.69 Å². The molecule has 0 aliphatic heterocycles. The molecule has 0 aliphatic rings. The molecule has 0 aromatic heterocycles. The highest BCUT2D eigenvalue weighted by Crippen LogP contribution is 2.47. The van der Waals surface area contributed by atoms with E-state index in [0.717, 1.165) is 12.1 Å². The van der Waals surface area contributed by atoms with Crippen molar-refractivity contribution in [3.05, 3.63) is 63.7 Å². The van der Waals surface area contributed by atoms with Crippen LogP contribution >= 0.6 is 19.3 Å². The van der Waals surface area contributed by atoms with E-state index in [1.807, 2.05) is 0 Å². The van der Waals surface area contributed by atoms with Crippen LogP contribution in [0, 0.1) is 10.1 Å². The Hall–Kier alpha value is -2.61. The molecule has 0 spiro atoms. The molecule has 2 aromatic rings. The molecule has 0 radical (unpaired) electrons. The molecule has 26 heavy (non-hydrogen) atoms. The second-order valence-electron chi connectivity index (χ2n) is 5.05. The minimum Gasteiger partial charge on any atom is -0.480 e. The lowest BCUT2D eigenvalue weighted by Crippen LogP contribution is -2.34. The molecule has 0 saturated heterocycles. The number of nitrogens with one attached hydrogen (secondary N) is 1. The molecule has 0 saturated carbocycles. The molecule has 2 atom stereocenters. The number of aliphatic carboxylic acids is 1. The van der Waals surface area contributed by atoms with Crippen molar-refractivity contribution >= 4 is 31.0 Å². The van der Waals surface area contributed by atoms with Gasteiger partial charge < -0.3 is 14.2 Å². The average molecular weight is 401 g/mol. The van der Waals surface area contributed by atoms with Gasteiger partial charge in [0.1, 0.15) is 17.5 Å². The number of nitrogens with zero attached hydrogens (tertiary/aromatic N) is 1. The topological polar surface area (TPSA) is 128 Å². The van der Waals surface area contributed by atoms with Crippen LogP contribution in [0.5, 0.6) is 11.5 Å². The number of benzene rings is 2. The number of hydrogen-bond donors (Lipinski definition) is 2. The largest absolute Gasteiger partial charge is 0.513 e. The number of nitro benzene ring substituents is 1. The number of nitro groups is 1. The van der Waals surface area contributed by atoms with Crippen LogP contribution < -0.4 is 14.1 Å². The van der Waals surface area contributed by atoms with Gasteiger partial charge >= 0.3 is 13.7 Å². The molecule has 2 rings (SSSR count). The molecule has 2 unspecified atom stereocenters. The van der Waals surface area contributed by atoms with E-state index in [-0.39, 0.29) is 22.2 Å². The number of carboxylic acid groups (broad SMARTS) is 1. The normalized spacial score (nSPS) is 14.1. The van der Waals surface area contributed by atoms with Gasteiger partial charge in [0.05, 0.1) is 9.95 Å². The van der Waals surface area contributed by atoms with Gasteiger partial charge in [0.25, 0.3) is 5.69 Å². The molecule has 0 aliphatic carbocycles. The van der Waals surface area contributed by atoms with Crippen molar-refractivity contribution in [1.82, 2.24) is 5.09 Å². The summed E-state index contributed by atoms with van der Waals surface area (Å²) in [6, 6.07) is 9.60. The fourth-order valence-electron chi connectivity index (χ4n) is 1.78. The quantitative estimate of drug-likeness (QED) is 0.388. The van der Waals surface area contributed by atoms with E-state index in [4.69, 9.17) is 25.8 Å². The molecule has 0 fully saturated rings. The van der Waals surface area contributed by atoms with E-state index in [1.165, 1.54) is 31.2 Å². The van der Waals surface area contributed by atoms with Crippen LogP contribution in [0.3, 0.4) is 0 Å². The van der Waals surface area contributed by atoms with Crippen molar-refractivity contribution in [2.45, 2.75) is 13.0 Å². The summed E-state index contributed by atoms with van der Waals surface area (Å²) in [4.78, 5) is 21.2. The molecule has 2 N–H and O–H groups in total. The second-order valence-corrected chi connectivity index (χ2v) is 7.08. The van der Waals surface area contributed by atoms with Gasteiger partial charge in [0, 0.05) is 12.1 Å². The molecule has 11 heteroatoms. The third kappa shape index (κ3) is 5.19. The van der Waals surface area contributed by atoms with Crippen molar-refractivity contribution in [3.63, 3.8) is 0 Å². The molecule has 9 nitrogen and oxygen atoms in total. The number of hydrogen-bond acceptors (Lipinski definition) is 6. The number of non-ortho nitro benzene ring substituents is 1. The van der Waals surface area contributed by atoms with Gasteiger partial charge in [-0.2, -0.15) is 5.09 Å². The fourth-order valence-corrected chi connectivity index (χ4v) is 3.55. The maximum atomic E-state index is 13.0. The lowest BCUT2D eigenvalue weighted by Gasteiger charge is -2.22. The minimum atomic E-state index is -4.22. The summed E-state index contributed by atoms with van der Waals surface area (Å²) in [5.74, 6) is -1.28. The number of carbonyl (C=O) groups is 1. The van der Waals surface area contributed by atoms with E-state index in [0.29, 0.717) is 0 Å². The number of halogens is 1. The van der Waals surface area contributed by atoms with Crippen molar-refractivity contribution in [2.75, 3.05) is 0 Å². The maximum absolute atomic E-state index is 13.0. The standard InChI is InChI=1S/C15H14ClN2O7P/c1-10(15(19)20)17-26(23,25-14-5-3-2-4-13(14)16)24-12-8-6-11(7-9-12)18(21)22/h2-10H,1H3,(H,17,23)(H,19,20). The summed E-state index contributed by atoms with van der Waals surface area (Å²) in [5, 5.41) is 22.1. The third-order valence-corrected chi connectivity index (χ3v) is 4.95. The number of para-hydroxylation sites is 1. The Bertz CT molecular complexity index is 859. The number of carboxylic acids is 1. The molecular weight excluding hydrogens is 387 g/mol. The SMILES string of the molecule is CC(NP(=O)(Oc1ccc([N+](=O)[O-])cc1)Oc1ccccc1Cl)C(=O)O. The summed E-state index contributed by atoms with van der Waals surface area (Å²) < 4.78 is 23.6. The van der Waals surface area contributed by atoms with Gasteiger partial charge in [-0.05, 0) is 31.2 Å². The molecular formula is C15H14ClN2O7P. The summed E-state index contributed by atoms with van der Waals surface area (Å²) in [7, 11) is -4.22. The zero-order chi connectivity index (χ0) is 19.3. The van der Waals surface area contributed by atoms with E-state index >= 15 is 0 Å². The number of rotatable bonds is 8. The van der Waals surface area contributed by atoms with Crippen molar-refractivity contribution in [3.8, 4) is 11.5 Å². The summed E-state index contributed by atoms with van der Waals surface area (Å²) in [5.41, 5.74) is -0.189. The monoisotopic (exact) mass is 400 g/mol. The smallest absolute Gasteiger partial charge is 0.480 e. The van der Waals surface area contributed by atoms with E-state index in [1.54, 1.807) is 12.1 Å². The molecule has 138 valence electrons. The van der Waals surface area contributed by atoms with Crippen molar-refractivity contribution in [2.24, 2.45) is 0 Å². The minimum absolute atomic E-state index is 0.0175. The van der Waals surface area contributed by atoms with Gasteiger partial charge in [-0.1, -0.05) is 23.7 Å². The zero-order valence-electron chi connectivity index (χ0n) is 13.4. The molecule has 2 aromatic carbocycles. The predicted octanol–water partition coefficient (Wildman–Crippen LogP) is 3.88. The first-order valence-corrected chi connectivity index (χ1v) is 9.11. The molecule has 0 amide bonds. The van der Waals surface area contributed by atoms with Crippen LogP contribution in [-0.2, 0) is 9.36 Å². The van der Waals surface area contributed by atoms with E-state index in [2.05, 4.69) is 5.09 Å². The van der Waals surface area contributed by atoms with E-state index in [9.17, 15) is 19.5 Å². The zero-order valence-corrected chi connectivity index (χ0v) is 15.0. The maximum Gasteiger partial charge on any atom is 0.513 e. The van der Waals surface area contributed by atoms with Gasteiger partial charge in [0.15, 0.2) is 0 Å². The van der Waals surface area contributed by atoms with E-state index < -0.39 is 24.7 Å². The highest BCUT2D eigenvalue weighted by molar-refractivity contribution is 7.52. The van der Waals surface area contributed by atoms with Crippen molar-refractivity contribution in [1.29, 1.82) is 0 Å². The van der Waals surface area contributed by atoms with Crippen LogP contribution in [-0.4, -0.2) is 22.0 Å². The first kappa shape index (κ1) is 19.7.